The third kappa shape index (κ3) is 31.4. The Kier molecular flexibility index (Phi) is 39.0. The standard InChI is InChI=1S/C13H14INO5.C12H10INO4.C10H8INO2.C8H8INO2.C5H7ClO2.C4H9O.K.H2O/c1-19-12(17)6-5-11(16)15-10-7-8(14)3-4-9(10)13(18)20-2;1-18-12(17)8-5-10(15)14-9-4-6(13)2-3-7(9)11(8)16;11-6-1-2-7-8(5-6)12-10(14)4-3-9(7)13;1-12-8(11)6-3-2-5(9)4-7(6)10;1-4(7)2-3-5(6)8;1-4(2,3)5;;/h3-4,7H,5-6H2,1-2H3,(H,15,16);2-4,8H,5H2,1H3,(H,14,15);1-2,5H,3-4H2,(H,12,14);2-4H,10H2,1H3;2-3H2,1H3;1-3H3;;1H2/q;;;;;-1;+1;. The summed E-state index contributed by atoms with van der Waals surface area (Å²) in [4.78, 5) is 124. The van der Waals surface area contributed by atoms with Crippen LogP contribution in [0.3, 0.4) is 0 Å². The van der Waals surface area contributed by atoms with E-state index in [1.54, 1.807) is 75.4 Å². The van der Waals surface area contributed by atoms with Gasteiger partial charge in [-0.1, -0.05) is 20.8 Å². The number of Topliss-reactive ketones (excluding diaryl/α,β-unsaturated/α-hetero) is 3. The van der Waals surface area contributed by atoms with Crippen LogP contribution in [0.2, 0.25) is 0 Å². The molecule has 0 fully saturated rings. The van der Waals surface area contributed by atoms with E-state index >= 15 is 0 Å². The number of ether oxygens (including phenoxy) is 4. The zero-order valence-electron chi connectivity index (χ0n) is 44.5. The summed E-state index contributed by atoms with van der Waals surface area (Å²) in [7, 11) is 5.06. The number of methoxy groups -OCH3 is 4. The molecule has 4 aromatic carbocycles. The topological polar surface area (TPSA) is 341 Å². The molecule has 0 bridgehead atoms. The average Bonchev–Trinajstić information content (AvgIpc) is 3.57. The fraction of sp³-hybridized carbons (Fsp3) is 0.327. The van der Waals surface area contributed by atoms with Gasteiger partial charge < -0.3 is 56.0 Å². The minimum Gasteiger partial charge on any atom is -0.850 e. The van der Waals surface area contributed by atoms with Crippen LogP contribution in [0.25, 0.3) is 0 Å². The van der Waals surface area contributed by atoms with E-state index in [9.17, 15) is 57.8 Å². The van der Waals surface area contributed by atoms with Crippen molar-refractivity contribution in [2.45, 2.75) is 78.2 Å². The normalized spacial score (nSPS) is 12.6. The molecule has 2 heterocycles. The summed E-state index contributed by atoms with van der Waals surface area (Å²) in [5.74, 6) is -4.30. The van der Waals surface area contributed by atoms with Crippen molar-refractivity contribution >= 4 is 189 Å². The van der Waals surface area contributed by atoms with E-state index in [0.29, 0.717) is 45.9 Å². The van der Waals surface area contributed by atoms with E-state index in [-0.39, 0.29) is 136 Å². The van der Waals surface area contributed by atoms with Crippen LogP contribution in [-0.2, 0) is 52.5 Å². The third-order valence-corrected chi connectivity index (χ3v) is 12.3. The van der Waals surface area contributed by atoms with Crippen molar-refractivity contribution in [3.05, 3.63) is 109 Å². The molecule has 2 aliphatic heterocycles. The van der Waals surface area contributed by atoms with Gasteiger partial charge >= 0.3 is 75.3 Å². The monoisotopic (exact) mass is 1590 g/mol. The smallest absolute Gasteiger partial charge is 0.850 e. The predicted octanol–water partition coefficient (Wildman–Crippen LogP) is 4.89. The third-order valence-electron chi connectivity index (χ3n) is 9.39. The number of amides is 3. The Morgan fingerprint density at radius 1 is 0.658 bits per heavy atom. The van der Waals surface area contributed by atoms with Crippen molar-refractivity contribution in [3.8, 4) is 0 Å². The van der Waals surface area contributed by atoms with Gasteiger partial charge in [-0.2, -0.15) is 0 Å². The van der Waals surface area contributed by atoms with Crippen LogP contribution >= 0.6 is 102 Å². The largest absolute Gasteiger partial charge is 1.00 e. The number of nitrogens with two attached hydrogens (primary N) is 1. The van der Waals surface area contributed by atoms with Crippen LogP contribution in [0.4, 0.5) is 22.7 Å². The average molecular weight is 1590 g/mol. The number of nitrogens with one attached hydrogen (secondary N) is 3. The second-order valence-corrected chi connectivity index (χ2v) is 22.1. The van der Waals surface area contributed by atoms with Gasteiger partial charge in [0.05, 0.1) is 63.0 Å². The molecule has 21 nitrogen and oxygen atoms in total. The predicted molar refractivity (Wildman–Crippen MR) is 323 cm³/mol. The molecule has 0 aliphatic carbocycles. The number of benzene rings is 4. The van der Waals surface area contributed by atoms with Gasteiger partial charge in [-0.3, -0.25) is 38.4 Å². The van der Waals surface area contributed by atoms with Crippen molar-refractivity contribution in [1.29, 1.82) is 0 Å². The van der Waals surface area contributed by atoms with Gasteiger partial charge in [-0.15, -0.1) is 5.60 Å². The van der Waals surface area contributed by atoms with Crippen LogP contribution in [0.1, 0.15) is 114 Å². The number of esters is 4. The van der Waals surface area contributed by atoms with Gasteiger partial charge in [0.2, 0.25) is 23.0 Å². The second kappa shape index (κ2) is 39.8. The molecule has 424 valence electrons. The Labute approximate surface area is 559 Å². The molecule has 27 heteroatoms. The number of fused-ring (bicyclic) bond motifs is 2. The number of hydrogen-bond donors (Lipinski definition) is 4. The molecular weight excluding hydrogens is 1530 g/mol. The Morgan fingerprint density at radius 3 is 1.61 bits per heavy atom. The fourth-order valence-electron chi connectivity index (χ4n) is 5.81. The van der Waals surface area contributed by atoms with Crippen molar-refractivity contribution in [1.82, 2.24) is 0 Å². The molecule has 0 saturated heterocycles. The first-order chi connectivity index (χ1) is 35.9. The summed E-state index contributed by atoms with van der Waals surface area (Å²) in [6, 6.07) is 20.7. The van der Waals surface area contributed by atoms with Gasteiger partial charge in [-0.05, 0) is 182 Å². The van der Waals surface area contributed by atoms with Crippen molar-refractivity contribution in [3.63, 3.8) is 0 Å². The van der Waals surface area contributed by atoms with Gasteiger partial charge in [0.15, 0.2) is 11.6 Å². The molecule has 0 saturated carbocycles. The number of halogens is 5. The number of rotatable bonds is 10. The van der Waals surface area contributed by atoms with Gasteiger partial charge in [0.25, 0.3) is 0 Å². The number of carbonyl (C=O) groups excluding carboxylic acids is 11. The minimum atomic E-state index is -1.06. The summed E-state index contributed by atoms with van der Waals surface area (Å²) in [5, 5.41) is 17.6. The second-order valence-electron chi connectivity index (χ2n) is 16.7. The Balaban J connectivity index is 0. The molecule has 1 atom stereocenters. The van der Waals surface area contributed by atoms with E-state index < -0.39 is 40.6 Å². The van der Waals surface area contributed by atoms with Crippen molar-refractivity contribution < 1.29 is 134 Å². The molecule has 4 aromatic rings. The molecule has 0 aromatic heterocycles. The molecule has 79 heavy (non-hydrogen) atoms. The maximum atomic E-state index is 12.2. The number of carbonyl (C=O) groups is 11. The van der Waals surface area contributed by atoms with Gasteiger partial charge in [-0.25, -0.2) is 9.59 Å². The molecule has 3 amide bonds. The van der Waals surface area contributed by atoms with Crippen LogP contribution in [0.5, 0.6) is 0 Å². The minimum absolute atomic E-state index is 0. The fourth-order valence-corrected chi connectivity index (χ4v) is 7.90. The van der Waals surface area contributed by atoms with Gasteiger partial charge in [0.1, 0.15) is 11.7 Å². The van der Waals surface area contributed by atoms with E-state index in [4.69, 9.17) is 17.3 Å². The van der Waals surface area contributed by atoms with Crippen molar-refractivity contribution in [2.24, 2.45) is 5.92 Å². The Hall–Kier alpha value is -3.58. The first-order valence-electron chi connectivity index (χ1n) is 22.5. The first kappa shape index (κ1) is 77.5. The summed E-state index contributed by atoms with van der Waals surface area (Å²) in [6.07, 6.45) is 0.804. The Morgan fingerprint density at radius 2 is 1.13 bits per heavy atom. The summed E-state index contributed by atoms with van der Waals surface area (Å²) in [5.41, 5.74) is 8.39. The zero-order chi connectivity index (χ0) is 58.7. The maximum absolute atomic E-state index is 12.2. The van der Waals surface area contributed by atoms with Crippen molar-refractivity contribution in [2.75, 3.05) is 50.1 Å². The van der Waals surface area contributed by atoms with Gasteiger partial charge in [0, 0.05) is 69.6 Å². The van der Waals surface area contributed by atoms with Crippen LogP contribution < -0.4 is 78.2 Å². The first-order valence-corrected chi connectivity index (χ1v) is 27.2. The van der Waals surface area contributed by atoms with Crippen LogP contribution in [-0.4, -0.2) is 104 Å². The molecule has 2 aliphatic rings. The summed E-state index contributed by atoms with van der Waals surface area (Å²) >= 11 is 13.4. The molecule has 0 spiro atoms. The van der Waals surface area contributed by atoms with E-state index in [1.807, 2.05) is 18.2 Å². The molecule has 0 radical (unpaired) electrons. The maximum Gasteiger partial charge on any atom is 1.00 e. The number of anilines is 4. The SMILES string of the molecule is CC(=O)CCC(=O)Cl.CC(C)(C)[O-].COC(=O)C1CC(=O)Nc2cc(I)ccc2C1=O.COC(=O)CCC(=O)Nc1cc(I)ccc1C(=O)OC.COC(=O)c1ccc(I)cc1N.O.O=C1CCC(=O)c2ccc(I)cc2N1.[K+]. The van der Waals surface area contributed by atoms with E-state index in [1.165, 1.54) is 35.4 Å². The quantitative estimate of drug-likeness (QED) is 0.0312. The van der Waals surface area contributed by atoms with Crippen LogP contribution in [0.15, 0.2) is 72.8 Å². The number of nitrogen functional groups attached to an aromatic ring is 1. The summed E-state index contributed by atoms with van der Waals surface area (Å²) in [6.45, 7) is 6.33. The number of ketones is 3. The summed E-state index contributed by atoms with van der Waals surface area (Å²) < 4.78 is 22.0. The molecule has 1 unspecified atom stereocenters. The van der Waals surface area contributed by atoms with E-state index in [0.717, 1.165) is 14.3 Å². The molecule has 6 rings (SSSR count). The Bertz CT molecular complexity index is 2810. The molecule has 7 N–H and O–H groups in total. The molecular formula is C52H58ClI4KN4O17. The van der Waals surface area contributed by atoms with Crippen LogP contribution in [0, 0.1) is 20.2 Å². The van der Waals surface area contributed by atoms with E-state index in [2.05, 4.69) is 125 Å². The number of hydrogen-bond acceptors (Lipinski definition) is 17. The zero-order valence-corrected chi connectivity index (χ0v) is 57.0.